The van der Waals surface area contributed by atoms with Gasteiger partial charge in [-0.15, -0.1) is 0 Å². The Balaban J connectivity index is 0.991. The Labute approximate surface area is 332 Å². The van der Waals surface area contributed by atoms with Gasteiger partial charge in [0.2, 0.25) is 0 Å². The molecule has 1 aromatic heterocycles. The van der Waals surface area contributed by atoms with Gasteiger partial charge in [0.15, 0.2) is 5.82 Å². The highest BCUT2D eigenvalue weighted by Gasteiger charge is 2.16. The molecule has 0 aliphatic heterocycles. The van der Waals surface area contributed by atoms with Crippen LogP contribution < -0.4 is 4.90 Å². The average molecular weight is 728 g/mol. The quantitative estimate of drug-likeness (QED) is 0.156. The van der Waals surface area contributed by atoms with Gasteiger partial charge in [0.1, 0.15) is 0 Å². The molecule has 10 aromatic rings. The van der Waals surface area contributed by atoms with Crippen LogP contribution in [0.3, 0.4) is 0 Å². The number of benzene rings is 9. The third-order valence-corrected chi connectivity index (χ3v) is 10.7. The molecule has 3 heteroatoms. The lowest BCUT2D eigenvalue weighted by atomic mass is 10.00. The molecule has 10 rings (SSSR count). The molecule has 0 amide bonds. The van der Waals surface area contributed by atoms with E-state index in [0.29, 0.717) is 5.82 Å². The zero-order valence-corrected chi connectivity index (χ0v) is 31.2. The lowest BCUT2D eigenvalue weighted by Gasteiger charge is -2.27. The van der Waals surface area contributed by atoms with Crippen molar-refractivity contribution in [2.24, 2.45) is 0 Å². The Morgan fingerprint density at radius 3 is 1.39 bits per heavy atom. The molecule has 268 valence electrons. The largest absolute Gasteiger partial charge is 0.310 e. The fourth-order valence-electron chi connectivity index (χ4n) is 7.71. The molecule has 9 aromatic carbocycles. The van der Waals surface area contributed by atoms with Crippen LogP contribution in [-0.4, -0.2) is 9.97 Å². The number of fused-ring (bicyclic) bond motifs is 2. The Morgan fingerprint density at radius 1 is 0.281 bits per heavy atom. The fraction of sp³-hybridized carbons (Fsp3) is 0. The van der Waals surface area contributed by atoms with Gasteiger partial charge in [-0.3, -0.25) is 0 Å². The molecule has 1 heterocycles. The first-order chi connectivity index (χ1) is 28.2. The van der Waals surface area contributed by atoms with Crippen LogP contribution in [-0.2, 0) is 0 Å². The van der Waals surface area contributed by atoms with Gasteiger partial charge < -0.3 is 4.90 Å². The highest BCUT2D eigenvalue weighted by atomic mass is 15.1. The van der Waals surface area contributed by atoms with Crippen LogP contribution in [0.1, 0.15) is 0 Å². The van der Waals surface area contributed by atoms with Crippen LogP contribution in [0.5, 0.6) is 0 Å². The summed E-state index contributed by atoms with van der Waals surface area (Å²) in [6.45, 7) is 0. The van der Waals surface area contributed by atoms with Gasteiger partial charge in [-0.2, -0.15) is 0 Å². The molecular weight excluding hydrogens is 691 g/mol. The van der Waals surface area contributed by atoms with Gasteiger partial charge in [-0.05, 0) is 80.9 Å². The second kappa shape index (κ2) is 14.9. The first-order valence-electron chi connectivity index (χ1n) is 19.3. The molecule has 0 saturated carbocycles. The first-order valence-corrected chi connectivity index (χ1v) is 19.3. The zero-order chi connectivity index (χ0) is 38.0. The van der Waals surface area contributed by atoms with Gasteiger partial charge in [-0.1, -0.05) is 182 Å². The molecule has 0 radical (unpaired) electrons. The van der Waals surface area contributed by atoms with Crippen molar-refractivity contribution in [3.63, 3.8) is 0 Å². The number of rotatable bonds is 8. The summed E-state index contributed by atoms with van der Waals surface area (Å²) in [5.74, 6) is 0.710. The Morgan fingerprint density at radius 2 is 0.737 bits per heavy atom. The Bertz CT molecular complexity index is 2970. The van der Waals surface area contributed by atoms with Crippen LogP contribution in [0.4, 0.5) is 17.1 Å². The molecule has 0 N–H and O–H groups in total. The number of anilines is 3. The zero-order valence-electron chi connectivity index (χ0n) is 31.2. The maximum absolute atomic E-state index is 5.08. The number of hydrogen-bond acceptors (Lipinski definition) is 3. The highest BCUT2D eigenvalue weighted by molar-refractivity contribution is 5.99. The second-order valence-electron chi connectivity index (χ2n) is 14.3. The van der Waals surface area contributed by atoms with Crippen molar-refractivity contribution in [3.8, 4) is 56.2 Å². The van der Waals surface area contributed by atoms with Crippen molar-refractivity contribution in [1.82, 2.24) is 9.97 Å². The molecule has 3 nitrogen and oxygen atoms in total. The summed E-state index contributed by atoms with van der Waals surface area (Å²) in [7, 11) is 0. The van der Waals surface area contributed by atoms with Gasteiger partial charge in [-0.25, -0.2) is 9.97 Å². The van der Waals surface area contributed by atoms with E-state index in [0.717, 1.165) is 56.3 Å². The third-order valence-electron chi connectivity index (χ3n) is 10.7. The summed E-state index contributed by atoms with van der Waals surface area (Å²) in [5, 5.41) is 4.81. The summed E-state index contributed by atoms with van der Waals surface area (Å²) < 4.78 is 0. The van der Waals surface area contributed by atoms with E-state index in [4.69, 9.17) is 9.97 Å². The third kappa shape index (κ3) is 6.84. The molecule has 0 atom stereocenters. The molecule has 0 aliphatic rings. The van der Waals surface area contributed by atoms with Crippen molar-refractivity contribution >= 4 is 38.6 Å². The van der Waals surface area contributed by atoms with Gasteiger partial charge in [0.25, 0.3) is 0 Å². The summed E-state index contributed by atoms with van der Waals surface area (Å²) >= 11 is 0. The van der Waals surface area contributed by atoms with E-state index in [2.05, 4.69) is 211 Å². The SMILES string of the molecule is c1ccc(-c2ccc(N(c3ccc(-c4ccc(-c5cc(-c6ccc7ccccc7c6)nc(-c6ccccc6)n5)cc4)cc3)c3cccc4ccccc34)cc2)cc1. The maximum Gasteiger partial charge on any atom is 0.160 e. The summed E-state index contributed by atoms with van der Waals surface area (Å²) in [4.78, 5) is 12.5. The maximum atomic E-state index is 5.08. The molecule has 0 saturated heterocycles. The second-order valence-corrected chi connectivity index (χ2v) is 14.3. The molecule has 0 aliphatic carbocycles. The van der Waals surface area contributed by atoms with Gasteiger partial charge in [0.05, 0.1) is 17.1 Å². The topological polar surface area (TPSA) is 29.0 Å². The Hall–Kier alpha value is -7.62. The van der Waals surface area contributed by atoms with E-state index in [9.17, 15) is 0 Å². The molecule has 57 heavy (non-hydrogen) atoms. The summed E-state index contributed by atoms with van der Waals surface area (Å²) in [5.41, 5.74) is 12.9. The fourth-order valence-corrected chi connectivity index (χ4v) is 7.71. The predicted molar refractivity (Wildman–Crippen MR) is 239 cm³/mol. The van der Waals surface area contributed by atoms with E-state index < -0.39 is 0 Å². The standard InChI is InChI=1S/C54H37N3/c1-3-12-38(13-4-1)41-28-32-48(33-29-41)57(53-21-11-19-43-15-9-10-20-50(43)53)49-34-30-42(31-35-49)40-22-25-44(26-23-40)51-37-52(56-54(55-51)45-16-5-2-6-17-45)47-27-24-39-14-7-8-18-46(39)36-47/h1-37H. The minimum absolute atomic E-state index is 0.710. The Kier molecular flexibility index (Phi) is 8.86. The van der Waals surface area contributed by atoms with Crippen LogP contribution in [0.2, 0.25) is 0 Å². The molecule has 0 bridgehead atoms. The predicted octanol–water partition coefficient (Wildman–Crippen LogP) is 14.6. The van der Waals surface area contributed by atoms with Crippen molar-refractivity contribution in [1.29, 1.82) is 0 Å². The van der Waals surface area contributed by atoms with Crippen molar-refractivity contribution < 1.29 is 0 Å². The minimum Gasteiger partial charge on any atom is -0.310 e. The minimum atomic E-state index is 0.710. The van der Waals surface area contributed by atoms with E-state index in [-0.39, 0.29) is 0 Å². The van der Waals surface area contributed by atoms with Crippen molar-refractivity contribution in [3.05, 3.63) is 224 Å². The van der Waals surface area contributed by atoms with Crippen LogP contribution in [0.25, 0.3) is 77.7 Å². The van der Waals surface area contributed by atoms with E-state index in [1.165, 1.54) is 32.7 Å². The smallest absolute Gasteiger partial charge is 0.160 e. The van der Waals surface area contributed by atoms with Crippen LogP contribution in [0, 0.1) is 0 Å². The van der Waals surface area contributed by atoms with E-state index >= 15 is 0 Å². The molecule has 0 unspecified atom stereocenters. The molecule has 0 spiro atoms. The van der Waals surface area contributed by atoms with Gasteiger partial charge >= 0.3 is 0 Å². The average Bonchev–Trinajstić information content (AvgIpc) is 3.30. The number of nitrogens with zero attached hydrogens (tertiary/aromatic N) is 3. The van der Waals surface area contributed by atoms with Crippen LogP contribution in [0.15, 0.2) is 224 Å². The highest BCUT2D eigenvalue weighted by Crippen LogP contribution is 2.40. The molecular formula is C54H37N3. The summed E-state index contributed by atoms with van der Waals surface area (Å²) in [6, 6.07) is 79.4. The molecule has 0 fully saturated rings. The van der Waals surface area contributed by atoms with Gasteiger partial charge in [0, 0.05) is 33.5 Å². The van der Waals surface area contributed by atoms with E-state index in [1.807, 2.05) is 18.2 Å². The lowest BCUT2D eigenvalue weighted by molar-refractivity contribution is 1.18. The normalized spacial score (nSPS) is 11.2. The van der Waals surface area contributed by atoms with E-state index in [1.54, 1.807) is 0 Å². The number of hydrogen-bond donors (Lipinski definition) is 0. The van der Waals surface area contributed by atoms with Crippen LogP contribution >= 0.6 is 0 Å². The van der Waals surface area contributed by atoms with Crippen molar-refractivity contribution in [2.45, 2.75) is 0 Å². The first kappa shape index (κ1) is 33.9. The van der Waals surface area contributed by atoms with Crippen molar-refractivity contribution in [2.75, 3.05) is 4.90 Å². The summed E-state index contributed by atoms with van der Waals surface area (Å²) in [6.07, 6.45) is 0. The lowest BCUT2D eigenvalue weighted by Crippen LogP contribution is -2.10. The number of aromatic nitrogens is 2. The monoisotopic (exact) mass is 727 g/mol.